The van der Waals surface area contributed by atoms with Crippen molar-refractivity contribution in [3.05, 3.63) is 36.5 Å². The van der Waals surface area contributed by atoms with Gasteiger partial charge in [0.1, 0.15) is 6.61 Å². The standard InChI is InChI=1S/C53H98O5/c1-4-7-10-13-15-17-19-21-23-25-27-28-30-32-34-36-38-41-43-46-52(54)57-50-51(58-53(55)47-44-40-12-9-6-3)49-56-48-45-42-39-37-35-33-31-29-26-24-22-20-18-16-14-11-8-5-2/h16,18,21-24,51H,4-15,17,19-20,25-50H2,1-3H3/b18-16-,23-21-,24-22-. The second-order valence-corrected chi connectivity index (χ2v) is 17.1. The summed E-state index contributed by atoms with van der Waals surface area (Å²) >= 11 is 0. The van der Waals surface area contributed by atoms with E-state index in [-0.39, 0.29) is 25.2 Å². The second kappa shape index (κ2) is 49.5. The summed E-state index contributed by atoms with van der Waals surface area (Å²) in [5.74, 6) is -0.405. The highest BCUT2D eigenvalue weighted by Gasteiger charge is 2.17. The molecule has 5 nitrogen and oxygen atoms in total. The van der Waals surface area contributed by atoms with Gasteiger partial charge in [-0.15, -0.1) is 0 Å². The summed E-state index contributed by atoms with van der Waals surface area (Å²) in [6.07, 6.45) is 59.0. The number of carbonyl (C=O) groups is 2. The van der Waals surface area contributed by atoms with E-state index < -0.39 is 6.10 Å². The molecule has 0 aliphatic carbocycles. The molecule has 0 saturated carbocycles. The van der Waals surface area contributed by atoms with Crippen molar-refractivity contribution in [2.24, 2.45) is 0 Å². The van der Waals surface area contributed by atoms with E-state index in [1.54, 1.807) is 0 Å². The van der Waals surface area contributed by atoms with E-state index in [0.29, 0.717) is 19.4 Å². The molecule has 0 aromatic rings. The number of unbranched alkanes of at least 4 members (excludes halogenated alkanes) is 30. The molecule has 0 bridgehead atoms. The van der Waals surface area contributed by atoms with Gasteiger partial charge in [-0.25, -0.2) is 0 Å². The lowest BCUT2D eigenvalue weighted by molar-refractivity contribution is -0.163. The molecule has 0 N–H and O–H groups in total. The molecule has 0 amide bonds. The fraction of sp³-hybridized carbons (Fsp3) is 0.849. The monoisotopic (exact) mass is 815 g/mol. The molecule has 1 unspecified atom stereocenters. The van der Waals surface area contributed by atoms with Gasteiger partial charge in [-0.2, -0.15) is 0 Å². The Balaban J connectivity index is 3.99. The fourth-order valence-corrected chi connectivity index (χ4v) is 7.30. The lowest BCUT2D eigenvalue weighted by Crippen LogP contribution is -2.30. The van der Waals surface area contributed by atoms with Crippen molar-refractivity contribution >= 4 is 11.9 Å². The summed E-state index contributed by atoms with van der Waals surface area (Å²) < 4.78 is 17.3. The number of ether oxygens (including phenoxy) is 3. The highest BCUT2D eigenvalue weighted by atomic mass is 16.6. The molecule has 0 aliphatic rings. The third-order valence-corrected chi connectivity index (χ3v) is 11.1. The average Bonchev–Trinajstić information content (AvgIpc) is 3.22. The predicted octanol–water partition coefficient (Wildman–Crippen LogP) is 17.0. The Labute approximate surface area is 361 Å². The summed E-state index contributed by atoms with van der Waals surface area (Å²) in [6, 6.07) is 0. The Morgan fingerprint density at radius 3 is 1.19 bits per heavy atom. The van der Waals surface area contributed by atoms with Gasteiger partial charge < -0.3 is 14.2 Å². The third-order valence-electron chi connectivity index (χ3n) is 11.1. The van der Waals surface area contributed by atoms with Gasteiger partial charge in [-0.1, -0.05) is 211 Å². The van der Waals surface area contributed by atoms with Gasteiger partial charge in [-0.05, 0) is 77.0 Å². The lowest BCUT2D eigenvalue weighted by atomic mass is 10.1. The number of allylic oxidation sites excluding steroid dienone is 6. The summed E-state index contributed by atoms with van der Waals surface area (Å²) in [4.78, 5) is 25.1. The zero-order chi connectivity index (χ0) is 42.1. The Morgan fingerprint density at radius 1 is 0.379 bits per heavy atom. The van der Waals surface area contributed by atoms with Crippen LogP contribution in [0, 0.1) is 0 Å². The van der Waals surface area contributed by atoms with Crippen LogP contribution < -0.4 is 0 Å². The van der Waals surface area contributed by atoms with Gasteiger partial charge in [0.15, 0.2) is 6.10 Å². The van der Waals surface area contributed by atoms with E-state index in [2.05, 4.69) is 57.2 Å². The minimum atomic E-state index is -0.532. The first-order chi connectivity index (χ1) is 28.6. The Kier molecular flexibility index (Phi) is 47.9. The topological polar surface area (TPSA) is 61.8 Å². The van der Waals surface area contributed by atoms with Crippen molar-refractivity contribution in [1.82, 2.24) is 0 Å². The van der Waals surface area contributed by atoms with E-state index in [4.69, 9.17) is 14.2 Å². The molecule has 0 fully saturated rings. The quantitative estimate of drug-likeness (QED) is 0.0348. The summed E-state index contributed by atoms with van der Waals surface area (Å²) in [5.41, 5.74) is 0. The molecule has 0 rings (SSSR count). The zero-order valence-electron chi connectivity index (χ0n) is 39.1. The van der Waals surface area contributed by atoms with Gasteiger partial charge in [-0.3, -0.25) is 9.59 Å². The molecular weight excluding hydrogens is 717 g/mol. The third kappa shape index (κ3) is 46.8. The zero-order valence-corrected chi connectivity index (χ0v) is 39.1. The Hall–Kier alpha value is -1.88. The SMILES string of the molecule is CCCCC/C=C\C/C=C\CCCCCCCCCCOCC(COC(=O)CCCCCCCCCCC/C=C\CCCCCCCC)OC(=O)CCCCCCC. The molecule has 0 aromatic carbocycles. The first-order valence-electron chi connectivity index (χ1n) is 25.5. The van der Waals surface area contributed by atoms with E-state index in [9.17, 15) is 9.59 Å². The van der Waals surface area contributed by atoms with Crippen molar-refractivity contribution in [1.29, 1.82) is 0 Å². The molecule has 0 radical (unpaired) electrons. The second-order valence-electron chi connectivity index (χ2n) is 17.1. The summed E-state index contributed by atoms with van der Waals surface area (Å²) in [7, 11) is 0. The first-order valence-corrected chi connectivity index (χ1v) is 25.5. The minimum Gasteiger partial charge on any atom is -0.462 e. The van der Waals surface area contributed by atoms with Gasteiger partial charge in [0.25, 0.3) is 0 Å². The van der Waals surface area contributed by atoms with Crippen LogP contribution in [0.15, 0.2) is 36.5 Å². The number of hydrogen-bond donors (Lipinski definition) is 0. The number of carbonyl (C=O) groups excluding carboxylic acids is 2. The molecule has 58 heavy (non-hydrogen) atoms. The minimum absolute atomic E-state index is 0.0846. The van der Waals surface area contributed by atoms with Crippen molar-refractivity contribution in [2.75, 3.05) is 19.8 Å². The van der Waals surface area contributed by atoms with Crippen molar-refractivity contribution < 1.29 is 23.8 Å². The van der Waals surface area contributed by atoms with Gasteiger partial charge in [0, 0.05) is 19.4 Å². The van der Waals surface area contributed by atoms with E-state index in [1.807, 2.05) is 0 Å². The average molecular weight is 815 g/mol. The maximum Gasteiger partial charge on any atom is 0.306 e. The van der Waals surface area contributed by atoms with Gasteiger partial charge in [0.2, 0.25) is 0 Å². The molecule has 0 heterocycles. The Morgan fingerprint density at radius 2 is 0.724 bits per heavy atom. The molecule has 0 aliphatic heterocycles. The summed E-state index contributed by atoms with van der Waals surface area (Å²) in [5, 5.41) is 0. The molecular formula is C53H98O5. The molecule has 1 atom stereocenters. The van der Waals surface area contributed by atoms with Gasteiger partial charge in [0.05, 0.1) is 6.61 Å². The van der Waals surface area contributed by atoms with Crippen LogP contribution in [0.2, 0.25) is 0 Å². The van der Waals surface area contributed by atoms with Crippen LogP contribution in [-0.4, -0.2) is 37.9 Å². The Bertz CT molecular complexity index is 924. The maximum absolute atomic E-state index is 12.6. The first kappa shape index (κ1) is 56.1. The molecule has 0 spiro atoms. The van der Waals surface area contributed by atoms with E-state index in [1.165, 1.54) is 180 Å². The van der Waals surface area contributed by atoms with Crippen LogP contribution in [0.1, 0.15) is 265 Å². The van der Waals surface area contributed by atoms with Crippen molar-refractivity contribution in [3.8, 4) is 0 Å². The van der Waals surface area contributed by atoms with Crippen molar-refractivity contribution in [2.45, 2.75) is 271 Å². The largest absolute Gasteiger partial charge is 0.462 e. The van der Waals surface area contributed by atoms with E-state index >= 15 is 0 Å². The molecule has 0 saturated heterocycles. The highest BCUT2D eigenvalue weighted by Crippen LogP contribution is 2.14. The lowest BCUT2D eigenvalue weighted by Gasteiger charge is -2.18. The molecule has 340 valence electrons. The van der Waals surface area contributed by atoms with E-state index in [0.717, 1.165) is 51.4 Å². The van der Waals surface area contributed by atoms with Crippen LogP contribution >= 0.6 is 0 Å². The smallest absolute Gasteiger partial charge is 0.306 e. The number of esters is 2. The highest BCUT2D eigenvalue weighted by molar-refractivity contribution is 5.70. The van der Waals surface area contributed by atoms with Crippen molar-refractivity contribution in [3.63, 3.8) is 0 Å². The van der Waals surface area contributed by atoms with Crippen LogP contribution in [0.3, 0.4) is 0 Å². The number of rotatable bonds is 47. The normalized spacial score (nSPS) is 12.4. The van der Waals surface area contributed by atoms with Gasteiger partial charge >= 0.3 is 11.9 Å². The fourth-order valence-electron chi connectivity index (χ4n) is 7.30. The predicted molar refractivity (Wildman–Crippen MR) is 252 cm³/mol. The molecule has 0 aromatic heterocycles. The van der Waals surface area contributed by atoms with Crippen LogP contribution in [0.4, 0.5) is 0 Å². The van der Waals surface area contributed by atoms with Crippen LogP contribution in [-0.2, 0) is 23.8 Å². The number of hydrogen-bond acceptors (Lipinski definition) is 5. The maximum atomic E-state index is 12.6. The molecule has 5 heteroatoms. The van der Waals surface area contributed by atoms with Crippen LogP contribution in [0.25, 0.3) is 0 Å². The summed E-state index contributed by atoms with van der Waals surface area (Å²) in [6.45, 7) is 7.75. The van der Waals surface area contributed by atoms with Crippen LogP contribution in [0.5, 0.6) is 0 Å².